The van der Waals surface area contributed by atoms with E-state index in [1.165, 1.54) is 0 Å². The summed E-state index contributed by atoms with van der Waals surface area (Å²) in [5.41, 5.74) is 5.61. The van der Waals surface area contributed by atoms with Crippen LogP contribution in [0.4, 0.5) is 0 Å². The average molecular weight is 323 g/mol. The zero-order valence-electron chi connectivity index (χ0n) is 13.9. The summed E-state index contributed by atoms with van der Waals surface area (Å²) >= 11 is 0. The summed E-state index contributed by atoms with van der Waals surface area (Å²) in [4.78, 5) is 28.6. The fraction of sp³-hybridized carbons (Fsp3) is 0.882. The Morgan fingerprint density at radius 2 is 1.65 bits per heavy atom. The number of likely N-dealkylation sites (tertiary alicyclic amines) is 2. The highest BCUT2D eigenvalue weighted by molar-refractivity contribution is 5.81. The van der Waals surface area contributed by atoms with Gasteiger partial charge in [0.25, 0.3) is 5.91 Å². The van der Waals surface area contributed by atoms with Crippen molar-refractivity contribution in [3.63, 3.8) is 0 Å². The molecule has 0 unspecified atom stereocenters. The summed E-state index contributed by atoms with van der Waals surface area (Å²) in [6.45, 7) is 3.85. The quantitative estimate of drug-likeness (QED) is 0.828. The Balaban J connectivity index is 1.41. The number of carbonyl (C=O) groups excluding carboxylic acids is 2. The largest absolute Gasteiger partial charge is 0.364 e. The van der Waals surface area contributed by atoms with Gasteiger partial charge in [-0.25, -0.2) is 0 Å². The Kier molecular flexibility index (Phi) is 5.54. The normalized spacial score (nSPS) is 29.3. The van der Waals surface area contributed by atoms with Gasteiger partial charge >= 0.3 is 0 Å². The van der Waals surface area contributed by atoms with Crippen LogP contribution in [0.1, 0.15) is 44.9 Å². The summed E-state index contributed by atoms with van der Waals surface area (Å²) < 4.78 is 5.71. The molecule has 0 radical (unpaired) electrons. The number of ether oxygens (including phenoxy) is 1. The molecular formula is C17H29N3O3. The van der Waals surface area contributed by atoms with Gasteiger partial charge in [-0.05, 0) is 44.4 Å². The topological polar surface area (TPSA) is 75.9 Å². The van der Waals surface area contributed by atoms with Gasteiger partial charge in [0.15, 0.2) is 0 Å². The number of rotatable bonds is 4. The fourth-order valence-electron chi connectivity index (χ4n) is 3.96. The maximum absolute atomic E-state index is 12.5. The first kappa shape index (κ1) is 16.7. The molecule has 6 heteroatoms. The lowest BCUT2D eigenvalue weighted by molar-refractivity contribution is -0.144. The SMILES string of the molecule is NC[C@H]1CC[C@@H](C(=O)N2CCC(CC(=O)N3CCCC3)CC2)O1. The molecule has 3 fully saturated rings. The third-order valence-corrected chi connectivity index (χ3v) is 5.49. The lowest BCUT2D eigenvalue weighted by atomic mass is 9.92. The monoisotopic (exact) mass is 323 g/mol. The van der Waals surface area contributed by atoms with Gasteiger partial charge in [0.05, 0.1) is 6.10 Å². The number of nitrogens with zero attached hydrogens (tertiary/aromatic N) is 2. The number of amides is 2. The summed E-state index contributed by atoms with van der Waals surface area (Å²) in [7, 11) is 0. The Hall–Kier alpha value is -1.14. The molecular weight excluding hydrogens is 294 g/mol. The average Bonchev–Trinajstić information content (AvgIpc) is 3.26. The molecule has 2 N–H and O–H groups in total. The molecule has 0 bridgehead atoms. The lowest BCUT2D eigenvalue weighted by Crippen LogP contribution is -2.44. The van der Waals surface area contributed by atoms with E-state index in [2.05, 4.69) is 0 Å². The first-order chi connectivity index (χ1) is 11.2. The minimum atomic E-state index is -0.300. The van der Waals surface area contributed by atoms with Crippen molar-refractivity contribution in [2.24, 2.45) is 11.7 Å². The van der Waals surface area contributed by atoms with Crippen LogP contribution in [0.2, 0.25) is 0 Å². The smallest absolute Gasteiger partial charge is 0.251 e. The van der Waals surface area contributed by atoms with Crippen LogP contribution in [-0.4, -0.2) is 66.5 Å². The maximum Gasteiger partial charge on any atom is 0.251 e. The molecule has 6 nitrogen and oxygen atoms in total. The number of carbonyl (C=O) groups is 2. The molecule has 3 aliphatic heterocycles. The van der Waals surface area contributed by atoms with Gasteiger partial charge in [-0.3, -0.25) is 9.59 Å². The van der Waals surface area contributed by atoms with Crippen LogP contribution in [-0.2, 0) is 14.3 Å². The first-order valence-electron chi connectivity index (χ1n) is 9.09. The third-order valence-electron chi connectivity index (χ3n) is 5.49. The molecule has 2 amide bonds. The van der Waals surface area contributed by atoms with Gasteiger partial charge in [0.2, 0.25) is 5.91 Å². The van der Waals surface area contributed by atoms with E-state index in [9.17, 15) is 9.59 Å². The van der Waals surface area contributed by atoms with Gasteiger partial charge < -0.3 is 20.3 Å². The highest BCUT2D eigenvalue weighted by Crippen LogP contribution is 2.26. The number of hydrogen-bond acceptors (Lipinski definition) is 4. The predicted octanol–water partition coefficient (Wildman–Crippen LogP) is 0.744. The van der Waals surface area contributed by atoms with Crippen LogP contribution < -0.4 is 5.73 Å². The second-order valence-corrected chi connectivity index (χ2v) is 7.12. The minimum Gasteiger partial charge on any atom is -0.364 e. The van der Waals surface area contributed by atoms with Crippen molar-refractivity contribution in [3.05, 3.63) is 0 Å². The minimum absolute atomic E-state index is 0.0413. The van der Waals surface area contributed by atoms with Crippen LogP contribution in [0.3, 0.4) is 0 Å². The van der Waals surface area contributed by atoms with E-state index in [0.29, 0.717) is 24.8 Å². The molecule has 0 spiro atoms. The molecule has 0 aromatic carbocycles. The van der Waals surface area contributed by atoms with Crippen molar-refractivity contribution in [2.45, 2.75) is 57.2 Å². The molecule has 3 saturated heterocycles. The summed E-state index contributed by atoms with van der Waals surface area (Å²) in [6.07, 6.45) is 6.20. The van der Waals surface area contributed by atoms with Crippen molar-refractivity contribution in [3.8, 4) is 0 Å². The molecule has 130 valence electrons. The maximum atomic E-state index is 12.5. The van der Waals surface area contributed by atoms with E-state index < -0.39 is 0 Å². The van der Waals surface area contributed by atoms with Crippen LogP contribution in [0.15, 0.2) is 0 Å². The third kappa shape index (κ3) is 4.04. The number of piperidine rings is 1. The Bertz CT molecular complexity index is 429. The zero-order valence-corrected chi connectivity index (χ0v) is 13.9. The lowest BCUT2D eigenvalue weighted by Gasteiger charge is -2.33. The van der Waals surface area contributed by atoms with Crippen LogP contribution in [0.5, 0.6) is 0 Å². The highest BCUT2D eigenvalue weighted by Gasteiger charge is 2.34. The van der Waals surface area contributed by atoms with Crippen molar-refractivity contribution in [2.75, 3.05) is 32.7 Å². The van der Waals surface area contributed by atoms with Crippen molar-refractivity contribution in [1.82, 2.24) is 9.80 Å². The molecule has 0 saturated carbocycles. The molecule has 2 atom stereocenters. The van der Waals surface area contributed by atoms with E-state index in [0.717, 1.165) is 64.7 Å². The zero-order chi connectivity index (χ0) is 16.2. The Morgan fingerprint density at radius 1 is 0.957 bits per heavy atom. The molecule has 0 aromatic rings. The molecule has 3 aliphatic rings. The van der Waals surface area contributed by atoms with Gasteiger partial charge in [-0.1, -0.05) is 0 Å². The van der Waals surface area contributed by atoms with Gasteiger partial charge in [0.1, 0.15) is 6.10 Å². The Morgan fingerprint density at radius 3 is 2.26 bits per heavy atom. The Labute approximate surface area is 138 Å². The highest BCUT2D eigenvalue weighted by atomic mass is 16.5. The standard InChI is InChI=1S/C17H29N3O3/c18-12-14-3-4-15(23-14)17(22)20-9-5-13(6-10-20)11-16(21)19-7-1-2-8-19/h13-15H,1-12,18H2/t14-,15+/m1/s1. The van der Waals surface area contributed by atoms with E-state index in [-0.39, 0.29) is 18.1 Å². The molecule has 3 rings (SSSR count). The molecule has 3 heterocycles. The van der Waals surface area contributed by atoms with Gasteiger partial charge in [-0.15, -0.1) is 0 Å². The van der Waals surface area contributed by atoms with Gasteiger partial charge in [-0.2, -0.15) is 0 Å². The van der Waals surface area contributed by atoms with E-state index >= 15 is 0 Å². The molecule has 0 aliphatic carbocycles. The number of hydrogen-bond donors (Lipinski definition) is 1. The predicted molar refractivity (Wildman–Crippen MR) is 86.7 cm³/mol. The fourth-order valence-corrected chi connectivity index (χ4v) is 3.96. The van der Waals surface area contributed by atoms with Gasteiger partial charge in [0, 0.05) is 39.1 Å². The molecule has 0 aromatic heterocycles. The van der Waals surface area contributed by atoms with Crippen LogP contribution in [0.25, 0.3) is 0 Å². The second kappa shape index (κ2) is 7.62. The van der Waals surface area contributed by atoms with E-state index in [4.69, 9.17) is 10.5 Å². The van der Waals surface area contributed by atoms with Crippen molar-refractivity contribution < 1.29 is 14.3 Å². The number of nitrogens with two attached hydrogens (primary N) is 1. The summed E-state index contributed by atoms with van der Waals surface area (Å²) in [6, 6.07) is 0. The van der Waals surface area contributed by atoms with Crippen molar-refractivity contribution in [1.29, 1.82) is 0 Å². The first-order valence-corrected chi connectivity index (χ1v) is 9.09. The second-order valence-electron chi connectivity index (χ2n) is 7.12. The molecule has 23 heavy (non-hydrogen) atoms. The summed E-state index contributed by atoms with van der Waals surface area (Å²) in [5.74, 6) is 0.843. The van der Waals surface area contributed by atoms with Crippen molar-refractivity contribution >= 4 is 11.8 Å². The van der Waals surface area contributed by atoms with E-state index in [1.807, 2.05) is 9.80 Å². The van der Waals surface area contributed by atoms with E-state index in [1.54, 1.807) is 0 Å². The summed E-state index contributed by atoms with van der Waals surface area (Å²) in [5, 5.41) is 0. The van der Waals surface area contributed by atoms with Crippen LogP contribution in [0, 0.1) is 5.92 Å². The van der Waals surface area contributed by atoms with Crippen LogP contribution >= 0.6 is 0 Å².